The maximum absolute atomic E-state index is 12.8. The van der Waals surface area contributed by atoms with Crippen molar-refractivity contribution in [3.8, 4) is 11.5 Å². The topological polar surface area (TPSA) is 89.0 Å². The molecular formula is C29H35N3O4. The molecule has 2 amide bonds. The van der Waals surface area contributed by atoms with E-state index >= 15 is 0 Å². The molecule has 2 aromatic carbocycles. The van der Waals surface area contributed by atoms with Crippen LogP contribution in [-0.4, -0.2) is 31.7 Å². The molecule has 4 aliphatic carbocycles. The largest absolute Gasteiger partial charge is 0.493 e. The zero-order valence-corrected chi connectivity index (χ0v) is 21.3. The average Bonchev–Trinajstić information content (AvgIpc) is 2.86. The molecule has 190 valence electrons. The Bertz CT molecular complexity index is 1140. The van der Waals surface area contributed by atoms with E-state index in [0.29, 0.717) is 29.2 Å². The minimum atomic E-state index is -0.244. The third-order valence-electron chi connectivity index (χ3n) is 8.26. The van der Waals surface area contributed by atoms with Gasteiger partial charge in [0.15, 0.2) is 11.5 Å². The number of carbonyl (C=O) groups excluding carboxylic acids is 2. The highest BCUT2D eigenvalue weighted by Crippen LogP contribution is 2.61. The van der Waals surface area contributed by atoms with Gasteiger partial charge in [0.05, 0.1) is 19.9 Å². The number of hydrogen-bond acceptors (Lipinski definition) is 5. The summed E-state index contributed by atoms with van der Waals surface area (Å²) in [6.07, 6.45) is 8.37. The lowest BCUT2D eigenvalue weighted by Crippen LogP contribution is -2.47. The van der Waals surface area contributed by atoms with Gasteiger partial charge in [-0.2, -0.15) is 5.10 Å². The van der Waals surface area contributed by atoms with Crippen molar-refractivity contribution >= 4 is 23.2 Å². The van der Waals surface area contributed by atoms with Crippen molar-refractivity contribution in [1.82, 2.24) is 5.43 Å². The molecule has 0 aliphatic heterocycles. The van der Waals surface area contributed by atoms with Crippen molar-refractivity contribution in [3.63, 3.8) is 0 Å². The fourth-order valence-electron chi connectivity index (χ4n) is 7.07. The Morgan fingerprint density at radius 1 is 0.889 bits per heavy atom. The highest BCUT2D eigenvalue weighted by Gasteiger charge is 2.51. The van der Waals surface area contributed by atoms with E-state index in [1.54, 1.807) is 25.3 Å². The molecule has 0 unspecified atom stereocenters. The van der Waals surface area contributed by atoms with E-state index in [0.717, 1.165) is 29.0 Å². The summed E-state index contributed by atoms with van der Waals surface area (Å²) in [6, 6.07) is 12.4. The molecule has 0 heterocycles. The van der Waals surface area contributed by atoms with E-state index < -0.39 is 0 Å². The molecule has 6 rings (SSSR count). The summed E-state index contributed by atoms with van der Waals surface area (Å²) in [4.78, 5) is 25.4. The van der Waals surface area contributed by atoms with Crippen molar-refractivity contribution in [2.24, 2.45) is 28.3 Å². The number of carbonyl (C=O) groups is 2. The summed E-state index contributed by atoms with van der Waals surface area (Å²) in [5.74, 6) is 3.34. The molecule has 7 heteroatoms. The number of methoxy groups -OCH3 is 2. The quantitative estimate of drug-likeness (QED) is 0.384. The molecule has 0 spiro atoms. The van der Waals surface area contributed by atoms with Gasteiger partial charge in [0.1, 0.15) is 0 Å². The predicted octanol–water partition coefficient (Wildman–Crippen LogP) is 5.40. The first-order chi connectivity index (χ1) is 17.4. The molecule has 0 radical (unpaired) electrons. The number of ether oxygens (including phenoxy) is 2. The van der Waals surface area contributed by atoms with Crippen molar-refractivity contribution in [2.75, 3.05) is 19.5 Å². The van der Waals surface area contributed by atoms with Gasteiger partial charge in [0.2, 0.25) is 5.91 Å². The summed E-state index contributed by atoms with van der Waals surface area (Å²) in [6.45, 7) is 1.88. The van der Waals surface area contributed by atoms with Crippen LogP contribution in [0.2, 0.25) is 0 Å². The van der Waals surface area contributed by atoms with Crippen LogP contribution in [0.1, 0.15) is 67.8 Å². The smallest absolute Gasteiger partial charge is 0.255 e. The second-order valence-electron chi connectivity index (χ2n) is 10.9. The number of nitrogens with zero attached hydrogens (tertiary/aromatic N) is 1. The number of hydrogen-bond donors (Lipinski definition) is 2. The number of rotatable bonds is 8. The lowest BCUT2D eigenvalue weighted by atomic mass is 9.49. The maximum atomic E-state index is 12.8. The summed E-state index contributed by atoms with van der Waals surface area (Å²) < 4.78 is 10.5. The second-order valence-corrected chi connectivity index (χ2v) is 10.9. The van der Waals surface area contributed by atoms with Crippen molar-refractivity contribution in [1.29, 1.82) is 0 Å². The first kappa shape index (κ1) is 24.3. The summed E-state index contributed by atoms with van der Waals surface area (Å²) in [7, 11) is 3.09. The van der Waals surface area contributed by atoms with Crippen LogP contribution in [0.25, 0.3) is 0 Å². The van der Waals surface area contributed by atoms with Gasteiger partial charge in [-0.3, -0.25) is 9.59 Å². The molecule has 4 fully saturated rings. The number of hydrazone groups is 1. The Morgan fingerprint density at radius 2 is 1.47 bits per heavy atom. The SMILES string of the molecule is COc1ccc(C(=O)Nc2ccc(/C(C)=N/NC(=O)CC34CC5CC(CC(C5)C3)C4)cc2)cc1OC. The average molecular weight is 490 g/mol. The highest BCUT2D eigenvalue weighted by atomic mass is 16.5. The molecule has 0 atom stereocenters. The number of nitrogens with one attached hydrogen (secondary N) is 2. The van der Waals surface area contributed by atoms with E-state index in [1.807, 2.05) is 31.2 Å². The monoisotopic (exact) mass is 489 g/mol. The Morgan fingerprint density at radius 3 is 2.06 bits per heavy atom. The van der Waals surface area contributed by atoms with Crippen LogP contribution in [0.5, 0.6) is 11.5 Å². The van der Waals surface area contributed by atoms with Crippen LogP contribution in [0.15, 0.2) is 47.6 Å². The van der Waals surface area contributed by atoms with E-state index in [4.69, 9.17) is 9.47 Å². The van der Waals surface area contributed by atoms with E-state index in [-0.39, 0.29) is 17.2 Å². The van der Waals surface area contributed by atoms with Gasteiger partial charge in [-0.15, -0.1) is 0 Å². The minimum Gasteiger partial charge on any atom is -0.493 e. The zero-order chi connectivity index (χ0) is 25.3. The lowest BCUT2D eigenvalue weighted by molar-refractivity contribution is -0.129. The van der Waals surface area contributed by atoms with Gasteiger partial charge < -0.3 is 14.8 Å². The second kappa shape index (κ2) is 9.96. The van der Waals surface area contributed by atoms with E-state index in [2.05, 4.69) is 15.8 Å². The van der Waals surface area contributed by atoms with E-state index in [9.17, 15) is 9.59 Å². The predicted molar refractivity (Wildman–Crippen MR) is 140 cm³/mol. The summed E-state index contributed by atoms with van der Waals surface area (Å²) in [5.41, 5.74) is 5.75. The van der Waals surface area contributed by atoms with Gasteiger partial charge in [0, 0.05) is 17.7 Å². The third kappa shape index (κ3) is 5.11. The first-order valence-corrected chi connectivity index (χ1v) is 12.8. The Balaban J connectivity index is 1.16. The molecule has 4 saturated carbocycles. The normalized spacial score (nSPS) is 26.4. The Hall–Kier alpha value is -3.35. The van der Waals surface area contributed by atoms with Crippen LogP contribution in [0.3, 0.4) is 0 Å². The molecule has 7 nitrogen and oxygen atoms in total. The van der Waals surface area contributed by atoms with Crippen molar-refractivity contribution < 1.29 is 19.1 Å². The maximum Gasteiger partial charge on any atom is 0.255 e. The first-order valence-electron chi connectivity index (χ1n) is 12.8. The van der Waals surface area contributed by atoms with Crippen LogP contribution in [0.4, 0.5) is 5.69 Å². The van der Waals surface area contributed by atoms with Crippen molar-refractivity contribution in [2.45, 2.75) is 51.9 Å². The standard InChI is InChI=1S/C29H35N3O4/c1-18(31-32-27(33)17-29-14-19-10-20(15-29)12-21(11-19)16-29)22-4-7-24(8-5-22)30-28(34)23-6-9-25(35-2)26(13-23)36-3/h4-9,13,19-21H,10-12,14-17H2,1-3H3,(H,30,34)(H,32,33)/b31-18+. The van der Waals surface area contributed by atoms with Crippen LogP contribution in [0, 0.1) is 23.2 Å². The third-order valence-corrected chi connectivity index (χ3v) is 8.26. The minimum absolute atomic E-state index is 0.0232. The van der Waals surface area contributed by atoms with Gasteiger partial charge in [-0.1, -0.05) is 12.1 Å². The number of benzene rings is 2. The van der Waals surface area contributed by atoms with Crippen molar-refractivity contribution in [3.05, 3.63) is 53.6 Å². The van der Waals surface area contributed by atoms with Gasteiger partial charge in [-0.25, -0.2) is 5.43 Å². The molecule has 2 aromatic rings. The fourth-order valence-corrected chi connectivity index (χ4v) is 7.07. The molecular weight excluding hydrogens is 454 g/mol. The molecule has 0 aromatic heterocycles. The fraction of sp³-hybridized carbons (Fsp3) is 0.483. The molecule has 0 saturated heterocycles. The van der Waals surface area contributed by atoms with Gasteiger partial charge >= 0.3 is 0 Å². The lowest BCUT2D eigenvalue weighted by Gasteiger charge is -2.56. The zero-order valence-electron chi connectivity index (χ0n) is 21.3. The molecule has 4 aliphatic rings. The summed E-state index contributed by atoms with van der Waals surface area (Å²) >= 11 is 0. The van der Waals surface area contributed by atoms with Crippen LogP contribution >= 0.6 is 0 Å². The summed E-state index contributed by atoms with van der Waals surface area (Å²) in [5, 5.41) is 7.26. The highest BCUT2D eigenvalue weighted by molar-refractivity contribution is 6.05. The number of anilines is 1. The van der Waals surface area contributed by atoms with Gasteiger partial charge in [-0.05, 0) is 105 Å². The molecule has 2 N–H and O–H groups in total. The number of amides is 2. The van der Waals surface area contributed by atoms with Crippen LogP contribution in [-0.2, 0) is 4.79 Å². The Kier molecular flexibility index (Phi) is 6.73. The molecule has 36 heavy (non-hydrogen) atoms. The van der Waals surface area contributed by atoms with Gasteiger partial charge in [0.25, 0.3) is 5.91 Å². The Labute approximate surface area is 212 Å². The van der Waals surface area contributed by atoms with Crippen LogP contribution < -0.4 is 20.2 Å². The van der Waals surface area contributed by atoms with E-state index in [1.165, 1.54) is 45.6 Å². The molecule has 4 bridgehead atoms.